The van der Waals surface area contributed by atoms with Crippen molar-refractivity contribution in [3.05, 3.63) is 29.8 Å². The number of nitrogens with one attached hydrogen (secondary N) is 3. The molecule has 0 saturated heterocycles. The molecule has 3 amide bonds. The summed E-state index contributed by atoms with van der Waals surface area (Å²) in [4.78, 5) is 34.5. The number of carbonyl (C=O) groups excluding carboxylic acids is 3. The molecule has 7 nitrogen and oxygen atoms in total. The van der Waals surface area contributed by atoms with Gasteiger partial charge < -0.3 is 20.7 Å². The Labute approximate surface area is 135 Å². The number of ether oxygens (including phenoxy) is 1. The van der Waals surface area contributed by atoms with Crippen LogP contribution >= 0.6 is 0 Å². The van der Waals surface area contributed by atoms with E-state index in [1.54, 1.807) is 24.3 Å². The number of benzene rings is 1. The van der Waals surface area contributed by atoms with Crippen molar-refractivity contribution in [2.24, 2.45) is 0 Å². The van der Waals surface area contributed by atoms with Crippen LogP contribution in [-0.2, 0) is 9.53 Å². The van der Waals surface area contributed by atoms with Crippen LogP contribution in [0.1, 0.15) is 37.0 Å². The number of hydrogen-bond donors (Lipinski definition) is 3. The van der Waals surface area contributed by atoms with Gasteiger partial charge in [0, 0.05) is 20.0 Å². The van der Waals surface area contributed by atoms with Crippen LogP contribution in [0.15, 0.2) is 24.3 Å². The van der Waals surface area contributed by atoms with Crippen LogP contribution in [0.4, 0.5) is 10.5 Å². The van der Waals surface area contributed by atoms with Crippen molar-refractivity contribution >= 4 is 23.6 Å². The third-order valence-electron chi connectivity index (χ3n) is 2.91. The maximum absolute atomic E-state index is 12.0. The third-order valence-corrected chi connectivity index (χ3v) is 2.91. The highest BCUT2D eigenvalue weighted by molar-refractivity contribution is 6.00. The molecular weight excluding hydrogens is 298 g/mol. The predicted octanol–water partition coefficient (Wildman–Crippen LogP) is 1.90. The molecular formula is C16H23N3O4. The molecule has 3 N–H and O–H groups in total. The number of rotatable bonds is 8. The van der Waals surface area contributed by atoms with Gasteiger partial charge >= 0.3 is 12.0 Å². The summed E-state index contributed by atoms with van der Waals surface area (Å²) in [7, 11) is 0. The van der Waals surface area contributed by atoms with Crippen LogP contribution in [0.25, 0.3) is 0 Å². The van der Waals surface area contributed by atoms with E-state index < -0.39 is 12.0 Å². The highest BCUT2D eigenvalue weighted by atomic mass is 16.5. The lowest BCUT2D eigenvalue weighted by molar-refractivity contribution is -0.118. The smallest absolute Gasteiger partial charge is 0.340 e. The summed E-state index contributed by atoms with van der Waals surface area (Å²) in [6.07, 6.45) is 1.73. The van der Waals surface area contributed by atoms with Crippen LogP contribution < -0.4 is 16.0 Å². The number of carbonyl (C=O) groups is 3. The third kappa shape index (κ3) is 7.30. The molecule has 1 rings (SSSR count). The van der Waals surface area contributed by atoms with E-state index in [2.05, 4.69) is 16.0 Å². The van der Waals surface area contributed by atoms with E-state index in [1.807, 2.05) is 6.92 Å². The zero-order chi connectivity index (χ0) is 17.1. The maximum atomic E-state index is 12.0. The molecule has 0 aliphatic rings. The van der Waals surface area contributed by atoms with Crippen LogP contribution in [-0.4, -0.2) is 37.6 Å². The Bertz CT molecular complexity index is 546. The molecule has 126 valence electrons. The molecule has 0 fully saturated rings. The molecule has 0 unspecified atom stereocenters. The number of urea groups is 1. The van der Waals surface area contributed by atoms with Crippen LogP contribution in [0.3, 0.4) is 0 Å². The lowest BCUT2D eigenvalue weighted by Crippen LogP contribution is -2.36. The second-order valence-corrected chi connectivity index (χ2v) is 4.90. The first-order valence-corrected chi connectivity index (χ1v) is 7.60. The molecule has 1 aromatic rings. The fraction of sp³-hybridized carbons (Fsp3) is 0.438. The molecule has 0 spiro atoms. The number of para-hydroxylation sites is 1. The summed E-state index contributed by atoms with van der Waals surface area (Å²) in [6, 6.07) is 6.20. The minimum absolute atomic E-state index is 0.160. The van der Waals surface area contributed by atoms with Gasteiger partial charge in [-0.15, -0.1) is 0 Å². The Morgan fingerprint density at radius 2 is 1.78 bits per heavy atom. The number of amides is 3. The number of hydrogen-bond acceptors (Lipinski definition) is 4. The van der Waals surface area contributed by atoms with Crippen LogP contribution in [0.2, 0.25) is 0 Å². The van der Waals surface area contributed by atoms with Crippen molar-refractivity contribution in [3.8, 4) is 0 Å². The van der Waals surface area contributed by atoms with Gasteiger partial charge in [0.15, 0.2) is 0 Å². The summed E-state index contributed by atoms with van der Waals surface area (Å²) < 4.78 is 5.16. The van der Waals surface area contributed by atoms with Gasteiger partial charge in [-0.1, -0.05) is 25.5 Å². The van der Waals surface area contributed by atoms with Crippen molar-refractivity contribution in [1.82, 2.24) is 10.6 Å². The Morgan fingerprint density at radius 1 is 1.09 bits per heavy atom. The van der Waals surface area contributed by atoms with E-state index in [-0.39, 0.29) is 12.5 Å². The lowest BCUT2D eigenvalue weighted by Gasteiger charge is -2.11. The summed E-state index contributed by atoms with van der Waals surface area (Å²) >= 11 is 0. The molecule has 7 heteroatoms. The van der Waals surface area contributed by atoms with E-state index in [9.17, 15) is 14.4 Å². The maximum Gasteiger partial charge on any atom is 0.340 e. The van der Waals surface area contributed by atoms with Gasteiger partial charge in [-0.3, -0.25) is 4.79 Å². The van der Waals surface area contributed by atoms with Crippen molar-refractivity contribution in [3.63, 3.8) is 0 Å². The van der Waals surface area contributed by atoms with Crippen molar-refractivity contribution < 1.29 is 19.1 Å². The van der Waals surface area contributed by atoms with Crippen molar-refractivity contribution in [1.29, 1.82) is 0 Å². The average Bonchev–Trinajstić information content (AvgIpc) is 2.52. The number of anilines is 1. The van der Waals surface area contributed by atoms with Gasteiger partial charge in [0.05, 0.1) is 17.9 Å². The van der Waals surface area contributed by atoms with E-state index in [1.165, 1.54) is 6.92 Å². The van der Waals surface area contributed by atoms with Crippen molar-refractivity contribution in [2.75, 3.05) is 25.0 Å². The standard InChI is InChI=1S/C16H23N3O4/c1-3-4-11-23-15(21)13-7-5-6-8-14(13)19-16(22)18-10-9-17-12(2)20/h5-8H,3-4,9-11H2,1-2H3,(H,17,20)(H2,18,19,22). The molecule has 0 aromatic heterocycles. The molecule has 0 radical (unpaired) electrons. The first-order chi connectivity index (χ1) is 11.0. The lowest BCUT2D eigenvalue weighted by atomic mass is 10.2. The van der Waals surface area contributed by atoms with Gasteiger partial charge in [0.1, 0.15) is 0 Å². The molecule has 23 heavy (non-hydrogen) atoms. The highest BCUT2D eigenvalue weighted by Crippen LogP contribution is 2.16. The minimum Gasteiger partial charge on any atom is -0.462 e. The van der Waals surface area contributed by atoms with E-state index in [0.29, 0.717) is 24.4 Å². The van der Waals surface area contributed by atoms with Gasteiger partial charge in [-0.25, -0.2) is 9.59 Å². The topological polar surface area (TPSA) is 96.5 Å². The monoisotopic (exact) mass is 321 g/mol. The predicted molar refractivity (Wildman–Crippen MR) is 87.3 cm³/mol. The fourth-order valence-electron chi connectivity index (χ4n) is 1.74. The summed E-state index contributed by atoms with van der Waals surface area (Å²) in [5, 5.41) is 7.76. The minimum atomic E-state index is -0.465. The highest BCUT2D eigenvalue weighted by Gasteiger charge is 2.13. The van der Waals surface area contributed by atoms with E-state index >= 15 is 0 Å². The molecule has 1 aromatic carbocycles. The quantitative estimate of drug-likeness (QED) is 0.503. The Kier molecular flexibility index (Phi) is 8.20. The molecule has 0 aliphatic carbocycles. The summed E-state index contributed by atoms with van der Waals surface area (Å²) in [6.45, 7) is 4.39. The Balaban J connectivity index is 2.54. The normalized spacial score (nSPS) is 9.83. The Hall–Kier alpha value is -2.57. The molecule has 0 saturated carbocycles. The van der Waals surface area contributed by atoms with E-state index in [0.717, 1.165) is 12.8 Å². The molecule has 0 heterocycles. The average molecular weight is 321 g/mol. The number of esters is 1. The number of unbranched alkanes of at least 4 members (excludes halogenated alkanes) is 1. The Morgan fingerprint density at radius 3 is 2.48 bits per heavy atom. The first-order valence-electron chi connectivity index (χ1n) is 7.60. The first kappa shape index (κ1) is 18.5. The van der Waals surface area contributed by atoms with Gasteiger partial charge in [-0.2, -0.15) is 0 Å². The second kappa shape index (κ2) is 10.2. The molecule has 0 bridgehead atoms. The van der Waals surface area contributed by atoms with Crippen molar-refractivity contribution in [2.45, 2.75) is 26.7 Å². The van der Waals surface area contributed by atoms with E-state index in [4.69, 9.17) is 4.74 Å². The SMILES string of the molecule is CCCCOC(=O)c1ccccc1NC(=O)NCCNC(C)=O. The second-order valence-electron chi connectivity index (χ2n) is 4.90. The molecule has 0 aliphatic heterocycles. The summed E-state index contributed by atoms with van der Waals surface area (Å²) in [5.41, 5.74) is 0.687. The largest absolute Gasteiger partial charge is 0.462 e. The zero-order valence-electron chi connectivity index (χ0n) is 13.5. The summed E-state index contributed by atoms with van der Waals surface area (Å²) in [5.74, 6) is -0.625. The zero-order valence-corrected chi connectivity index (χ0v) is 13.5. The fourth-order valence-corrected chi connectivity index (χ4v) is 1.74. The van der Waals surface area contributed by atoms with Crippen LogP contribution in [0.5, 0.6) is 0 Å². The van der Waals surface area contributed by atoms with Gasteiger partial charge in [0.25, 0.3) is 0 Å². The van der Waals surface area contributed by atoms with Gasteiger partial charge in [-0.05, 0) is 18.6 Å². The molecule has 0 atom stereocenters. The van der Waals surface area contributed by atoms with Gasteiger partial charge in [0.2, 0.25) is 5.91 Å². The van der Waals surface area contributed by atoms with Crippen LogP contribution in [0, 0.1) is 0 Å².